The van der Waals surface area contributed by atoms with Crippen LogP contribution < -0.4 is 10.1 Å². The van der Waals surface area contributed by atoms with Crippen LogP contribution in [0.5, 0.6) is 5.75 Å². The number of rotatable bonds is 7. The first-order valence-electron chi connectivity index (χ1n) is 7.08. The van der Waals surface area contributed by atoms with Gasteiger partial charge >= 0.3 is 0 Å². The second-order valence-electron chi connectivity index (χ2n) is 4.87. The van der Waals surface area contributed by atoms with Crippen molar-refractivity contribution in [1.82, 2.24) is 5.32 Å². The summed E-state index contributed by atoms with van der Waals surface area (Å²) in [5.74, 6) is 0.269. The second kappa shape index (κ2) is 9.53. The van der Waals surface area contributed by atoms with Gasteiger partial charge in [-0.25, -0.2) is 0 Å². The Morgan fingerprint density at radius 3 is 2.57 bits per heavy atom. The minimum atomic E-state index is -0.374. The van der Waals surface area contributed by atoms with E-state index < -0.39 is 0 Å². The number of amides is 1. The maximum atomic E-state index is 12.1. The van der Waals surface area contributed by atoms with Crippen LogP contribution in [0.3, 0.4) is 0 Å². The maximum absolute atomic E-state index is 12.1. The zero-order valence-electron chi connectivity index (χ0n) is 13.0. The summed E-state index contributed by atoms with van der Waals surface area (Å²) in [7, 11) is 0. The average molecular weight is 442 g/mol. The van der Waals surface area contributed by atoms with E-state index in [1.165, 1.54) is 0 Å². The molecular weight excluding hydrogens is 424 g/mol. The number of hydrogen-bond acceptors (Lipinski definition) is 3. The van der Waals surface area contributed by atoms with Crippen LogP contribution >= 0.6 is 31.9 Å². The Kier molecular flexibility index (Phi) is 8.07. The summed E-state index contributed by atoms with van der Waals surface area (Å²) in [5, 5.41) is 12.0. The van der Waals surface area contributed by atoms with Crippen molar-refractivity contribution in [1.29, 1.82) is 5.26 Å². The molecule has 1 N–H and O–H groups in total. The SMILES string of the molecule is C=CCOc1c(Br)cc(/C=C(\C#N)C(=O)N[C@H](C)CC)cc1Br. The monoisotopic (exact) mass is 440 g/mol. The van der Waals surface area contributed by atoms with Gasteiger partial charge in [-0.15, -0.1) is 0 Å². The quantitative estimate of drug-likeness (QED) is 0.382. The van der Waals surface area contributed by atoms with E-state index in [0.29, 0.717) is 17.9 Å². The van der Waals surface area contributed by atoms with Gasteiger partial charge in [-0.1, -0.05) is 19.6 Å². The van der Waals surface area contributed by atoms with Crippen LogP contribution in [0.1, 0.15) is 25.8 Å². The van der Waals surface area contributed by atoms with Gasteiger partial charge in [-0.2, -0.15) is 5.26 Å². The molecule has 1 amide bonds. The number of nitrogens with one attached hydrogen (secondary N) is 1. The van der Waals surface area contributed by atoms with E-state index in [1.54, 1.807) is 24.3 Å². The largest absolute Gasteiger partial charge is 0.487 e. The van der Waals surface area contributed by atoms with Gasteiger partial charge in [-0.05, 0) is 69.0 Å². The molecule has 0 unspecified atom stereocenters. The van der Waals surface area contributed by atoms with Gasteiger partial charge in [0.2, 0.25) is 0 Å². The van der Waals surface area contributed by atoms with Crippen molar-refractivity contribution in [2.24, 2.45) is 0 Å². The third kappa shape index (κ3) is 5.85. The molecule has 0 aliphatic carbocycles. The fourth-order valence-corrected chi connectivity index (χ4v) is 3.11. The van der Waals surface area contributed by atoms with Crippen molar-refractivity contribution in [3.05, 3.63) is 44.9 Å². The Labute approximate surface area is 153 Å². The predicted molar refractivity (Wildman–Crippen MR) is 99.0 cm³/mol. The second-order valence-corrected chi connectivity index (χ2v) is 6.57. The molecule has 0 heterocycles. The standard InChI is InChI=1S/C17H18Br2N2O2/c1-4-6-23-16-14(18)8-12(9-15(16)19)7-13(10-20)17(22)21-11(3)5-2/h4,7-9,11H,1,5-6H2,2-3H3,(H,21,22)/b13-7+/t11-/m1/s1. The topological polar surface area (TPSA) is 62.1 Å². The summed E-state index contributed by atoms with van der Waals surface area (Å²) >= 11 is 6.85. The summed E-state index contributed by atoms with van der Waals surface area (Å²) in [5.41, 5.74) is 0.773. The lowest BCUT2D eigenvalue weighted by Crippen LogP contribution is -2.32. The number of nitriles is 1. The summed E-state index contributed by atoms with van der Waals surface area (Å²) < 4.78 is 6.98. The molecule has 0 radical (unpaired) electrons. The minimum absolute atomic E-state index is 0.0207. The lowest BCUT2D eigenvalue weighted by molar-refractivity contribution is -0.117. The van der Waals surface area contributed by atoms with Gasteiger partial charge in [0.1, 0.15) is 24.0 Å². The van der Waals surface area contributed by atoms with Crippen LogP contribution in [0, 0.1) is 11.3 Å². The molecule has 6 heteroatoms. The molecule has 1 atom stereocenters. The number of carbonyl (C=O) groups excluding carboxylic acids is 1. The van der Waals surface area contributed by atoms with Crippen molar-refractivity contribution < 1.29 is 9.53 Å². The zero-order valence-corrected chi connectivity index (χ0v) is 16.2. The molecule has 0 aliphatic heterocycles. The van der Waals surface area contributed by atoms with Crippen molar-refractivity contribution in [2.45, 2.75) is 26.3 Å². The van der Waals surface area contributed by atoms with E-state index in [9.17, 15) is 10.1 Å². The molecule has 122 valence electrons. The Hall–Kier alpha value is -1.58. The molecule has 1 aromatic carbocycles. The van der Waals surface area contributed by atoms with Gasteiger partial charge in [0.15, 0.2) is 0 Å². The van der Waals surface area contributed by atoms with Crippen LogP contribution in [0.2, 0.25) is 0 Å². The van der Waals surface area contributed by atoms with E-state index in [-0.39, 0.29) is 17.5 Å². The van der Waals surface area contributed by atoms with Crippen molar-refractivity contribution >= 4 is 43.8 Å². The number of ether oxygens (including phenoxy) is 1. The summed E-state index contributed by atoms with van der Waals surface area (Å²) in [6.45, 7) is 7.85. The first-order chi connectivity index (χ1) is 10.9. The van der Waals surface area contributed by atoms with Gasteiger partial charge in [0, 0.05) is 6.04 Å². The van der Waals surface area contributed by atoms with E-state index in [4.69, 9.17) is 4.74 Å². The number of hydrogen-bond donors (Lipinski definition) is 1. The highest BCUT2D eigenvalue weighted by Gasteiger charge is 2.13. The highest BCUT2D eigenvalue weighted by molar-refractivity contribution is 9.11. The molecule has 0 bridgehead atoms. The van der Waals surface area contributed by atoms with Gasteiger partial charge in [-0.3, -0.25) is 4.79 Å². The van der Waals surface area contributed by atoms with E-state index in [0.717, 1.165) is 15.4 Å². The first kappa shape index (κ1) is 19.5. The van der Waals surface area contributed by atoms with E-state index in [2.05, 4.69) is 43.8 Å². The molecule has 0 fully saturated rings. The average Bonchev–Trinajstić information content (AvgIpc) is 2.51. The van der Waals surface area contributed by atoms with Gasteiger partial charge in [0.05, 0.1) is 8.95 Å². The Morgan fingerprint density at radius 1 is 1.48 bits per heavy atom. The maximum Gasteiger partial charge on any atom is 0.262 e. The molecule has 0 aliphatic rings. The first-order valence-corrected chi connectivity index (χ1v) is 8.66. The number of benzene rings is 1. The Morgan fingerprint density at radius 2 is 2.09 bits per heavy atom. The lowest BCUT2D eigenvalue weighted by atomic mass is 10.1. The van der Waals surface area contributed by atoms with Crippen LogP contribution in [-0.4, -0.2) is 18.6 Å². The predicted octanol–water partition coefficient (Wildman–Crippen LogP) is 4.60. The Bertz CT molecular complexity index is 640. The summed E-state index contributed by atoms with van der Waals surface area (Å²) in [6, 6.07) is 5.54. The molecule has 1 rings (SSSR count). The highest BCUT2D eigenvalue weighted by Crippen LogP contribution is 2.35. The molecule has 1 aromatic rings. The highest BCUT2D eigenvalue weighted by atomic mass is 79.9. The molecule has 23 heavy (non-hydrogen) atoms. The Balaban J connectivity index is 3.08. The van der Waals surface area contributed by atoms with Crippen LogP contribution in [0.25, 0.3) is 6.08 Å². The van der Waals surface area contributed by atoms with E-state index >= 15 is 0 Å². The zero-order chi connectivity index (χ0) is 17.4. The fourth-order valence-electron chi connectivity index (χ4n) is 1.66. The molecular formula is C17H18Br2N2O2. The number of nitrogens with zero attached hydrogens (tertiary/aromatic N) is 1. The molecule has 0 saturated carbocycles. The smallest absolute Gasteiger partial charge is 0.262 e. The molecule has 0 aromatic heterocycles. The van der Waals surface area contributed by atoms with Crippen LogP contribution in [0.4, 0.5) is 0 Å². The minimum Gasteiger partial charge on any atom is -0.487 e. The van der Waals surface area contributed by atoms with Crippen molar-refractivity contribution in [3.8, 4) is 11.8 Å². The van der Waals surface area contributed by atoms with Gasteiger partial charge in [0.25, 0.3) is 5.91 Å². The lowest BCUT2D eigenvalue weighted by Gasteiger charge is -2.11. The van der Waals surface area contributed by atoms with Crippen LogP contribution in [0.15, 0.2) is 39.3 Å². The van der Waals surface area contributed by atoms with Crippen molar-refractivity contribution in [3.63, 3.8) is 0 Å². The number of carbonyl (C=O) groups is 1. The van der Waals surface area contributed by atoms with E-state index in [1.807, 2.05) is 19.9 Å². The third-order valence-electron chi connectivity index (χ3n) is 3.03. The molecule has 4 nitrogen and oxygen atoms in total. The fraction of sp³-hybridized carbons (Fsp3) is 0.294. The molecule has 0 spiro atoms. The third-order valence-corrected chi connectivity index (χ3v) is 4.21. The normalized spacial score (nSPS) is 12.2. The number of halogens is 2. The summed E-state index contributed by atoms with van der Waals surface area (Å²) in [6.07, 6.45) is 4.00. The van der Waals surface area contributed by atoms with Crippen molar-refractivity contribution in [2.75, 3.05) is 6.61 Å². The van der Waals surface area contributed by atoms with Crippen LogP contribution in [-0.2, 0) is 4.79 Å². The van der Waals surface area contributed by atoms with Gasteiger partial charge < -0.3 is 10.1 Å². The molecule has 0 saturated heterocycles. The summed E-state index contributed by atoms with van der Waals surface area (Å²) in [4.78, 5) is 12.1.